The van der Waals surface area contributed by atoms with E-state index in [1.54, 1.807) is 12.1 Å². The summed E-state index contributed by atoms with van der Waals surface area (Å²) < 4.78 is 7.64. The third-order valence-corrected chi connectivity index (χ3v) is 4.49. The lowest BCUT2D eigenvalue weighted by atomic mass is 10.1. The van der Waals surface area contributed by atoms with Gasteiger partial charge in [-0.05, 0) is 42.0 Å². The number of pyridine rings is 1. The monoisotopic (exact) mass is 379 g/mol. The molecule has 0 saturated heterocycles. The van der Waals surface area contributed by atoms with Crippen molar-refractivity contribution in [1.29, 1.82) is 0 Å². The van der Waals surface area contributed by atoms with E-state index in [1.165, 1.54) is 6.08 Å². The van der Waals surface area contributed by atoms with Gasteiger partial charge in [-0.25, -0.2) is 4.98 Å². The predicted molar refractivity (Wildman–Crippen MR) is 106 cm³/mol. The normalized spacial score (nSPS) is 13.3. The first kappa shape index (κ1) is 17.4. The van der Waals surface area contributed by atoms with Crippen LogP contribution in [0.25, 0.3) is 11.7 Å². The summed E-state index contributed by atoms with van der Waals surface area (Å²) in [6.07, 6.45) is 9.88. The number of carbonyl (C=O) groups is 1. The van der Waals surface area contributed by atoms with Crippen LogP contribution in [0.2, 0.25) is 5.02 Å². The van der Waals surface area contributed by atoms with E-state index >= 15 is 0 Å². The van der Waals surface area contributed by atoms with Crippen LogP contribution in [0.15, 0.2) is 66.5 Å². The number of benzene rings is 1. The van der Waals surface area contributed by atoms with Crippen molar-refractivity contribution in [1.82, 2.24) is 14.7 Å². The van der Waals surface area contributed by atoms with Crippen molar-refractivity contribution >= 4 is 29.2 Å². The highest BCUT2D eigenvalue weighted by atomic mass is 35.5. The molecule has 0 aliphatic carbocycles. The van der Waals surface area contributed by atoms with Gasteiger partial charge in [0.1, 0.15) is 18.0 Å². The van der Waals surface area contributed by atoms with Crippen LogP contribution in [-0.2, 0) is 11.2 Å². The zero-order valence-corrected chi connectivity index (χ0v) is 15.3. The number of ether oxygens (including phenoxy) is 1. The SMILES string of the molecule is O=C(/C=C/C1=Cc2cc(Cl)ccc2OC1)NCCc1cn2ccccc2n1. The fraction of sp³-hybridized carbons (Fsp3) is 0.143. The third-order valence-electron chi connectivity index (χ3n) is 4.25. The number of halogens is 1. The van der Waals surface area contributed by atoms with Gasteiger partial charge in [0.2, 0.25) is 5.91 Å². The standard InChI is InChI=1S/C21H18ClN3O2/c22-17-5-6-19-16(12-17)11-15(14-27-19)4-7-21(26)23-9-8-18-13-25-10-2-1-3-20(25)24-18/h1-7,10-13H,8-9,14H2,(H,23,26)/b7-4+. The first-order valence-corrected chi connectivity index (χ1v) is 9.07. The highest BCUT2D eigenvalue weighted by Gasteiger charge is 2.10. The molecule has 0 saturated carbocycles. The minimum absolute atomic E-state index is 0.142. The quantitative estimate of drug-likeness (QED) is 0.688. The molecule has 1 aromatic carbocycles. The minimum atomic E-state index is -0.142. The van der Waals surface area contributed by atoms with Crippen LogP contribution in [0.1, 0.15) is 11.3 Å². The van der Waals surface area contributed by atoms with Crippen LogP contribution in [0, 0.1) is 0 Å². The largest absolute Gasteiger partial charge is 0.488 e. The number of imidazole rings is 1. The molecule has 0 radical (unpaired) electrons. The Balaban J connectivity index is 1.31. The van der Waals surface area contributed by atoms with Gasteiger partial charge in [0.05, 0.1) is 5.69 Å². The molecule has 0 unspecified atom stereocenters. The first-order valence-electron chi connectivity index (χ1n) is 8.69. The number of fused-ring (bicyclic) bond motifs is 2. The summed E-state index contributed by atoms with van der Waals surface area (Å²) in [5.74, 6) is 0.657. The highest BCUT2D eigenvalue weighted by molar-refractivity contribution is 6.30. The van der Waals surface area contributed by atoms with E-state index < -0.39 is 0 Å². The molecule has 1 amide bonds. The van der Waals surface area contributed by atoms with Gasteiger partial charge in [-0.2, -0.15) is 0 Å². The molecule has 1 aliphatic rings. The molecule has 1 N–H and O–H groups in total. The molecule has 27 heavy (non-hydrogen) atoms. The molecule has 1 aliphatic heterocycles. The van der Waals surface area contributed by atoms with Crippen molar-refractivity contribution in [2.24, 2.45) is 0 Å². The molecular weight excluding hydrogens is 362 g/mol. The van der Waals surface area contributed by atoms with Crippen molar-refractivity contribution in [2.45, 2.75) is 6.42 Å². The lowest BCUT2D eigenvalue weighted by Crippen LogP contribution is -2.23. The van der Waals surface area contributed by atoms with Crippen molar-refractivity contribution in [3.8, 4) is 5.75 Å². The number of nitrogens with one attached hydrogen (secondary N) is 1. The molecule has 0 spiro atoms. The smallest absolute Gasteiger partial charge is 0.244 e. The summed E-state index contributed by atoms with van der Waals surface area (Å²) in [6.45, 7) is 0.959. The second-order valence-electron chi connectivity index (χ2n) is 6.26. The van der Waals surface area contributed by atoms with Gasteiger partial charge in [0.15, 0.2) is 0 Å². The highest BCUT2D eigenvalue weighted by Crippen LogP contribution is 2.29. The number of aromatic nitrogens is 2. The summed E-state index contributed by atoms with van der Waals surface area (Å²) in [7, 11) is 0. The summed E-state index contributed by atoms with van der Waals surface area (Å²) >= 11 is 6.01. The van der Waals surface area contributed by atoms with E-state index in [-0.39, 0.29) is 5.91 Å². The van der Waals surface area contributed by atoms with Gasteiger partial charge >= 0.3 is 0 Å². The van der Waals surface area contributed by atoms with Crippen LogP contribution in [0.3, 0.4) is 0 Å². The topological polar surface area (TPSA) is 55.6 Å². The fourth-order valence-electron chi connectivity index (χ4n) is 2.93. The van der Waals surface area contributed by atoms with E-state index in [2.05, 4.69) is 10.3 Å². The molecule has 5 nitrogen and oxygen atoms in total. The Bertz CT molecular complexity index is 1020. The lowest BCUT2D eigenvalue weighted by molar-refractivity contribution is -0.116. The van der Waals surface area contributed by atoms with Gasteiger partial charge in [0.25, 0.3) is 0 Å². The van der Waals surface area contributed by atoms with E-state index in [0.29, 0.717) is 24.6 Å². The minimum Gasteiger partial charge on any atom is -0.488 e. The van der Waals surface area contributed by atoms with Gasteiger partial charge in [-0.1, -0.05) is 23.7 Å². The predicted octanol–water partition coefficient (Wildman–Crippen LogP) is 3.68. The van der Waals surface area contributed by atoms with Gasteiger partial charge in [-0.15, -0.1) is 0 Å². The van der Waals surface area contributed by atoms with Crippen LogP contribution >= 0.6 is 11.6 Å². The summed E-state index contributed by atoms with van der Waals surface area (Å²) in [5.41, 5.74) is 3.69. The zero-order chi connectivity index (χ0) is 18.6. The average Bonchev–Trinajstić information content (AvgIpc) is 3.08. The van der Waals surface area contributed by atoms with Gasteiger partial charge in [-0.3, -0.25) is 4.79 Å². The molecule has 3 heterocycles. The van der Waals surface area contributed by atoms with Crippen LogP contribution in [-0.4, -0.2) is 28.4 Å². The average molecular weight is 380 g/mol. The van der Waals surface area contributed by atoms with Gasteiger partial charge in [0, 0.05) is 42.0 Å². The Hall–Kier alpha value is -3.05. The zero-order valence-electron chi connectivity index (χ0n) is 14.6. The molecule has 0 fully saturated rings. The Morgan fingerprint density at radius 3 is 3.15 bits per heavy atom. The number of rotatable bonds is 5. The molecule has 3 aromatic rings. The lowest BCUT2D eigenvalue weighted by Gasteiger charge is -2.16. The number of hydrogen-bond donors (Lipinski definition) is 1. The number of amides is 1. The Morgan fingerprint density at radius 2 is 2.26 bits per heavy atom. The van der Waals surface area contributed by atoms with Crippen molar-refractivity contribution in [2.75, 3.05) is 13.2 Å². The molecular formula is C21H18ClN3O2. The van der Waals surface area contributed by atoms with E-state index in [4.69, 9.17) is 16.3 Å². The Morgan fingerprint density at radius 1 is 1.33 bits per heavy atom. The van der Waals surface area contributed by atoms with Crippen LogP contribution in [0.5, 0.6) is 5.75 Å². The summed E-state index contributed by atoms with van der Waals surface area (Å²) in [5, 5.41) is 3.54. The maximum Gasteiger partial charge on any atom is 0.244 e. The second-order valence-corrected chi connectivity index (χ2v) is 6.70. The molecule has 0 atom stereocenters. The summed E-state index contributed by atoms with van der Waals surface area (Å²) in [4.78, 5) is 16.5. The summed E-state index contributed by atoms with van der Waals surface area (Å²) in [6, 6.07) is 11.4. The van der Waals surface area contributed by atoms with Crippen LogP contribution in [0.4, 0.5) is 0 Å². The number of nitrogens with zero attached hydrogens (tertiary/aromatic N) is 2. The maximum absolute atomic E-state index is 12.0. The molecule has 6 heteroatoms. The second kappa shape index (κ2) is 7.68. The number of hydrogen-bond acceptors (Lipinski definition) is 3. The maximum atomic E-state index is 12.0. The molecule has 2 aromatic heterocycles. The van der Waals surface area contributed by atoms with E-state index in [1.807, 2.05) is 53.2 Å². The molecule has 136 valence electrons. The number of carbonyl (C=O) groups excluding carboxylic acids is 1. The Kier molecular flexibility index (Phi) is 4.94. The van der Waals surface area contributed by atoms with Crippen molar-refractivity contribution < 1.29 is 9.53 Å². The van der Waals surface area contributed by atoms with E-state index in [9.17, 15) is 4.79 Å². The van der Waals surface area contributed by atoms with Crippen LogP contribution < -0.4 is 10.1 Å². The fourth-order valence-corrected chi connectivity index (χ4v) is 3.11. The van der Waals surface area contributed by atoms with Crippen molar-refractivity contribution in [3.63, 3.8) is 0 Å². The third kappa shape index (κ3) is 4.20. The Labute approximate surface area is 161 Å². The van der Waals surface area contributed by atoms with Gasteiger partial charge < -0.3 is 14.5 Å². The van der Waals surface area contributed by atoms with E-state index in [0.717, 1.165) is 28.2 Å². The van der Waals surface area contributed by atoms with Crippen molar-refractivity contribution in [3.05, 3.63) is 82.8 Å². The molecule has 0 bridgehead atoms. The molecule has 4 rings (SSSR count). The first-order chi connectivity index (χ1) is 13.2.